The Morgan fingerprint density at radius 1 is 1.42 bits per heavy atom. The molecule has 0 aliphatic heterocycles. The molecule has 0 saturated heterocycles. The summed E-state index contributed by atoms with van der Waals surface area (Å²) in [4.78, 5) is 8.74. The lowest BCUT2D eigenvalue weighted by Gasteiger charge is -2.08. The van der Waals surface area contributed by atoms with Crippen LogP contribution in [0.15, 0.2) is 0 Å². The monoisotopic (exact) mass is 290 g/mol. The van der Waals surface area contributed by atoms with Gasteiger partial charge < -0.3 is 13.9 Å². The third-order valence-electron chi connectivity index (χ3n) is 0.584. The van der Waals surface area contributed by atoms with Gasteiger partial charge in [-0.25, -0.2) is 0 Å². The maximum atomic E-state index is 10.6. The van der Waals surface area contributed by atoms with Crippen LogP contribution in [0, 0.1) is 0 Å². The van der Waals surface area contributed by atoms with Crippen LogP contribution in [0.25, 0.3) is 0 Å². The Hall–Kier alpha value is 1.69. The van der Waals surface area contributed by atoms with Gasteiger partial charge in [0.15, 0.2) is 0 Å². The molecular weight excluding hydrogens is 285 g/mol. The minimum absolute atomic E-state index is 0.0749. The topological polar surface area (TPSA) is 55.8 Å². The summed E-state index contributed by atoms with van der Waals surface area (Å²) >= 11 is 18.0. The van der Waals surface area contributed by atoms with Gasteiger partial charge in [0.25, 0.3) is 5.84 Å². The van der Waals surface area contributed by atoms with E-state index in [0.29, 0.717) is 0 Å². The van der Waals surface area contributed by atoms with Crippen molar-refractivity contribution in [3.8, 4) is 0 Å². The molecule has 0 aromatic heterocycles. The zero-order valence-electron chi connectivity index (χ0n) is 5.59. The predicted molar refractivity (Wildman–Crippen MR) is 56.7 cm³/mol. The first-order valence-corrected chi connectivity index (χ1v) is 9.81. The van der Waals surface area contributed by atoms with Crippen LogP contribution in [0.5, 0.6) is 0 Å². The first-order chi connectivity index (χ1) is 5.21. The van der Waals surface area contributed by atoms with Crippen molar-refractivity contribution in [3.05, 3.63) is 0 Å². The Kier molecular flexibility index (Phi) is 6.32. The fraction of sp³-hybridized carbons (Fsp3) is 1.00. The first-order valence-electron chi connectivity index (χ1n) is 2.55. The highest BCUT2D eigenvalue weighted by Gasteiger charge is 2.13. The Bertz CT molecular complexity index is 199. The van der Waals surface area contributed by atoms with Crippen molar-refractivity contribution in [2.24, 2.45) is 0 Å². The molecule has 0 aliphatic rings. The summed E-state index contributed by atoms with van der Waals surface area (Å²) in [6.07, 6.45) is 0. The van der Waals surface area contributed by atoms with Gasteiger partial charge in [-0.2, -0.15) is 0 Å². The molecule has 0 spiro atoms. The molecule has 0 radical (unpaired) electrons. The van der Waals surface area contributed by atoms with Crippen LogP contribution in [0.1, 0.15) is 0 Å². The maximum Gasteiger partial charge on any atom is 0.343 e. The molecule has 0 aliphatic carbocycles. The second-order valence-corrected chi connectivity index (χ2v) is 11.0. The van der Waals surface area contributed by atoms with Gasteiger partial charge in [-0.1, -0.05) is 12.2 Å². The zero-order valence-corrected chi connectivity index (χ0v) is 10.6. The molecule has 4 nitrogen and oxygen atoms in total. The second-order valence-electron chi connectivity index (χ2n) is 1.57. The van der Waals surface area contributed by atoms with Crippen molar-refractivity contribution in [1.29, 1.82) is 0 Å². The minimum Gasteiger partial charge on any atom is -0.334 e. The second kappa shape index (κ2) is 5.54. The molecule has 0 aromatic rings. The highest BCUT2D eigenvalue weighted by Crippen LogP contribution is 2.57. The normalized spacial score (nSPS) is 21.3. The Morgan fingerprint density at radius 2 is 1.83 bits per heavy atom. The number of hydrogen-bond acceptors (Lipinski definition) is 4. The van der Waals surface area contributed by atoms with E-state index in [1.54, 1.807) is 0 Å². The molecule has 1 N–H and O–H groups in total. The molecule has 0 amide bonds. The van der Waals surface area contributed by atoms with E-state index in [1.807, 2.05) is 0 Å². The van der Waals surface area contributed by atoms with Crippen LogP contribution in [0.3, 0.4) is 0 Å². The lowest BCUT2D eigenvalue weighted by molar-refractivity contribution is 0.229. The lowest BCUT2D eigenvalue weighted by Crippen LogP contribution is -1.97. The summed E-state index contributed by atoms with van der Waals surface area (Å²) in [5, 5.41) is 0. The fourth-order valence-corrected chi connectivity index (χ4v) is 1.78. The molecule has 2 unspecified atom stereocenters. The SMILES string of the molecule is O=P(S)(Cl)OCCOP(O)(=S)Cl. The van der Waals surface area contributed by atoms with E-state index in [1.165, 1.54) is 0 Å². The van der Waals surface area contributed by atoms with Gasteiger partial charge in [0.05, 0.1) is 13.2 Å². The van der Waals surface area contributed by atoms with Crippen molar-refractivity contribution in [2.75, 3.05) is 13.2 Å². The summed E-state index contributed by atoms with van der Waals surface area (Å²) < 4.78 is 19.6. The summed E-state index contributed by atoms with van der Waals surface area (Å²) in [6.45, 7) is -0.162. The molecule has 0 rings (SSSR count). The number of hydrogen-bond donors (Lipinski definition) is 2. The van der Waals surface area contributed by atoms with Gasteiger partial charge in [-0.15, -0.1) is 0 Å². The average molecular weight is 291 g/mol. The van der Waals surface area contributed by atoms with E-state index in [0.717, 1.165) is 0 Å². The third-order valence-corrected chi connectivity index (χ3v) is 2.83. The molecule has 0 bridgehead atoms. The molecule has 0 heterocycles. The van der Waals surface area contributed by atoms with Crippen molar-refractivity contribution >= 4 is 58.3 Å². The fourth-order valence-electron chi connectivity index (χ4n) is 0.300. The van der Waals surface area contributed by atoms with Crippen LogP contribution >= 0.6 is 46.5 Å². The Labute approximate surface area is 89.9 Å². The van der Waals surface area contributed by atoms with Gasteiger partial charge in [-0.3, -0.25) is 4.57 Å². The van der Waals surface area contributed by atoms with E-state index >= 15 is 0 Å². The van der Waals surface area contributed by atoms with Crippen LogP contribution < -0.4 is 0 Å². The number of halogens is 2. The summed E-state index contributed by atoms with van der Waals surface area (Å²) in [6, 6.07) is 0. The predicted octanol–water partition coefficient (Wildman–Crippen LogP) is 2.75. The summed E-state index contributed by atoms with van der Waals surface area (Å²) in [5.74, 6) is -6.49. The van der Waals surface area contributed by atoms with E-state index < -0.39 is 11.8 Å². The largest absolute Gasteiger partial charge is 0.343 e. The lowest BCUT2D eigenvalue weighted by atomic mass is 10.8. The molecule has 2 atom stereocenters. The first kappa shape index (κ1) is 13.7. The standard InChI is InChI=1S/C2H6Cl2O4P2S2/c3-9(5,11)7-1-2-8-10(4,6)12/h1-2H2,(H,5,11)(H,6,12). The highest BCUT2D eigenvalue weighted by atomic mass is 35.7. The number of thiol groups is 1. The van der Waals surface area contributed by atoms with E-state index in [2.05, 4.69) is 33.1 Å². The van der Waals surface area contributed by atoms with Crippen LogP contribution in [-0.4, -0.2) is 18.1 Å². The summed E-state index contributed by atoms with van der Waals surface area (Å²) in [5.41, 5.74) is 0. The molecule has 74 valence electrons. The smallest absolute Gasteiger partial charge is 0.334 e. The quantitative estimate of drug-likeness (QED) is 0.463. The number of rotatable bonds is 5. The van der Waals surface area contributed by atoms with Gasteiger partial charge >= 0.3 is 5.92 Å². The molecule has 0 saturated carbocycles. The molecule has 12 heavy (non-hydrogen) atoms. The van der Waals surface area contributed by atoms with Crippen molar-refractivity contribution in [3.63, 3.8) is 0 Å². The van der Waals surface area contributed by atoms with E-state index in [4.69, 9.17) is 27.4 Å². The van der Waals surface area contributed by atoms with Gasteiger partial charge in [0.2, 0.25) is 0 Å². The van der Waals surface area contributed by atoms with E-state index in [9.17, 15) is 4.57 Å². The van der Waals surface area contributed by atoms with Crippen molar-refractivity contribution < 1.29 is 18.5 Å². The Morgan fingerprint density at radius 3 is 2.17 bits per heavy atom. The minimum atomic E-state index is -3.31. The van der Waals surface area contributed by atoms with Gasteiger partial charge in [0.1, 0.15) is 0 Å². The van der Waals surface area contributed by atoms with Gasteiger partial charge in [0, 0.05) is 0 Å². The molecule has 0 fully saturated rings. The van der Waals surface area contributed by atoms with Crippen molar-refractivity contribution in [2.45, 2.75) is 0 Å². The van der Waals surface area contributed by atoms with E-state index in [-0.39, 0.29) is 13.2 Å². The van der Waals surface area contributed by atoms with Crippen LogP contribution in [0.2, 0.25) is 0 Å². The van der Waals surface area contributed by atoms with Crippen molar-refractivity contribution in [1.82, 2.24) is 0 Å². The molecule has 0 aromatic carbocycles. The molecule has 10 heteroatoms. The average Bonchev–Trinajstić information content (AvgIpc) is 1.76. The third kappa shape index (κ3) is 11.7. The van der Waals surface area contributed by atoms with Crippen LogP contribution in [-0.2, 0) is 25.4 Å². The summed E-state index contributed by atoms with van der Waals surface area (Å²) in [7, 11) is 0. The molecular formula is C2H6Cl2O4P2S2. The van der Waals surface area contributed by atoms with Gasteiger partial charge in [-0.05, 0) is 34.3 Å². The maximum absolute atomic E-state index is 10.6. The Balaban J connectivity index is 3.48. The highest BCUT2D eigenvalue weighted by molar-refractivity contribution is 8.54. The zero-order chi connectivity index (χ0) is 9.83. The van der Waals surface area contributed by atoms with Crippen LogP contribution in [0.4, 0.5) is 0 Å².